The molecule has 0 aliphatic rings. The van der Waals surface area contributed by atoms with Crippen LogP contribution in [0.1, 0.15) is 32.8 Å². The Morgan fingerprint density at radius 1 is 1.24 bits per heavy atom. The van der Waals surface area contributed by atoms with Crippen molar-refractivity contribution in [1.82, 2.24) is 10.2 Å². The monoisotopic (exact) mass is 292 g/mol. The van der Waals surface area contributed by atoms with Gasteiger partial charge in [-0.3, -0.25) is 0 Å². The Kier molecular flexibility index (Phi) is 7.29. The van der Waals surface area contributed by atoms with Crippen LogP contribution in [0, 0.1) is 0 Å². The second-order valence-electron chi connectivity index (χ2n) is 4.77. The number of hydrogen-bond acceptors (Lipinski definition) is 3. The first-order chi connectivity index (χ1) is 10.1. The Morgan fingerprint density at radius 3 is 2.48 bits per heavy atom. The Bertz CT molecular complexity index is 448. The summed E-state index contributed by atoms with van der Waals surface area (Å²) in [7, 11) is 0. The summed E-state index contributed by atoms with van der Waals surface area (Å²) >= 11 is 0. The topological polar surface area (TPSA) is 58.6 Å². The van der Waals surface area contributed by atoms with Crippen molar-refractivity contribution in [3.63, 3.8) is 0 Å². The zero-order valence-electron chi connectivity index (χ0n) is 13.0. The number of nitrogens with one attached hydrogen (secondary N) is 1. The summed E-state index contributed by atoms with van der Waals surface area (Å²) in [5, 5.41) is 2.81. The average molecular weight is 292 g/mol. The van der Waals surface area contributed by atoms with E-state index in [1.165, 1.54) is 4.90 Å². The molecule has 116 valence electrons. The van der Waals surface area contributed by atoms with E-state index in [0.717, 1.165) is 12.0 Å². The Hall–Kier alpha value is -2.04. The highest BCUT2D eigenvalue weighted by atomic mass is 16.5. The second kappa shape index (κ2) is 9.00. The van der Waals surface area contributed by atoms with Gasteiger partial charge in [0, 0.05) is 13.1 Å². The molecule has 0 heterocycles. The van der Waals surface area contributed by atoms with Crippen LogP contribution in [0.4, 0.5) is 4.79 Å². The first-order valence-electron chi connectivity index (χ1n) is 7.35. The highest BCUT2D eigenvalue weighted by molar-refractivity contribution is 5.83. The van der Waals surface area contributed by atoms with Gasteiger partial charge in [-0.15, -0.1) is 0 Å². The molecule has 0 bridgehead atoms. The zero-order valence-corrected chi connectivity index (χ0v) is 13.0. The molecule has 0 aromatic heterocycles. The van der Waals surface area contributed by atoms with E-state index in [1.807, 2.05) is 37.3 Å². The third-order valence-electron chi connectivity index (χ3n) is 3.08. The number of rotatable bonds is 7. The summed E-state index contributed by atoms with van der Waals surface area (Å²) in [6.45, 7) is 6.68. The van der Waals surface area contributed by atoms with Crippen LogP contribution < -0.4 is 5.32 Å². The Labute approximate surface area is 126 Å². The van der Waals surface area contributed by atoms with Crippen LogP contribution in [-0.2, 0) is 16.1 Å². The second-order valence-corrected chi connectivity index (χ2v) is 4.77. The summed E-state index contributed by atoms with van der Waals surface area (Å²) in [4.78, 5) is 25.7. The quantitative estimate of drug-likeness (QED) is 0.786. The van der Waals surface area contributed by atoms with Crippen molar-refractivity contribution < 1.29 is 14.3 Å². The average Bonchev–Trinajstić information content (AvgIpc) is 2.50. The predicted molar refractivity (Wildman–Crippen MR) is 81.8 cm³/mol. The van der Waals surface area contributed by atoms with Gasteiger partial charge in [-0.1, -0.05) is 37.3 Å². The van der Waals surface area contributed by atoms with Crippen molar-refractivity contribution in [1.29, 1.82) is 0 Å². The molecule has 0 fully saturated rings. The molecule has 1 rings (SSSR count). The van der Waals surface area contributed by atoms with E-state index >= 15 is 0 Å². The van der Waals surface area contributed by atoms with Crippen LogP contribution in [0.2, 0.25) is 0 Å². The molecule has 0 saturated heterocycles. The van der Waals surface area contributed by atoms with Gasteiger partial charge in [-0.25, -0.2) is 9.59 Å². The molecule has 1 N–H and O–H groups in total. The summed E-state index contributed by atoms with van der Waals surface area (Å²) < 4.78 is 5.02. The van der Waals surface area contributed by atoms with Gasteiger partial charge >= 0.3 is 12.0 Å². The number of hydrogen-bond donors (Lipinski definition) is 1. The highest BCUT2D eigenvalue weighted by Crippen LogP contribution is 2.10. The summed E-state index contributed by atoms with van der Waals surface area (Å²) in [5.41, 5.74) is 0.972. The minimum atomic E-state index is -0.623. The fraction of sp³-hybridized carbons (Fsp3) is 0.500. The molecule has 21 heavy (non-hydrogen) atoms. The van der Waals surface area contributed by atoms with E-state index < -0.39 is 6.04 Å². The van der Waals surface area contributed by atoms with Gasteiger partial charge in [0.15, 0.2) is 0 Å². The fourth-order valence-corrected chi connectivity index (χ4v) is 1.89. The Morgan fingerprint density at radius 2 is 1.90 bits per heavy atom. The van der Waals surface area contributed by atoms with Crippen LogP contribution in [0.25, 0.3) is 0 Å². The number of nitrogens with zero attached hydrogens (tertiary/aromatic N) is 1. The SMILES string of the molecule is CCCNC(=O)N(Cc1ccccc1)C(C)C(=O)OCC. The van der Waals surface area contributed by atoms with Crippen molar-refractivity contribution in [2.45, 2.75) is 39.8 Å². The molecule has 2 amide bonds. The number of benzene rings is 1. The van der Waals surface area contributed by atoms with Crippen LogP contribution >= 0.6 is 0 Å². The van der Waals surface area contributed by atoms with Gasteiger partial charge in [0.05, 0.1) is 6.61 Å². The van der Waals surface area contributed by atoms with E-state index in [9.17, 15) is 9.59 Å². The van der Waals surface area contributed by atoms with E-state index in [-0.39, 0.29) is 12.0 Å². The Balaban J connectivity index is 2.83. The first kappa shape index (κ1) is 17.0. The van der Waals surface area contributed by atoms with Crippen molar-refractivity contribution in [3.8, 4) is 0 Å². The molecule has 1 unspecified atom stereocenters. The van der Waals surface area contributed by atoms with Crippen LogP contribution in [0.3, 0.4) is 0 Å². The lowest BCUT2D eigenvalue weighted by Crippen LogP contribution is -2.48. The normalized spacial score (nSPS) is 11.6. The molecule has 5 heteroatoms. The molecular weight excluding hydrogens is 268 g/mol. The molecule has 1 aromatic carbocycles. The van der Waals surface area contributed by atoms with E-state index in [0.29, 0.717) is 19.7 Å². The first-order valence-corrected chi connectivity index (χ1v) is 7.35. The van der Waals surface area contributed by atoms with Crippen molar-refractivity contribution >= 4 is 12.0 Å². The predicted octanol–water partition coefficient (Wildman–Crippen LogP) is 2.56. The largest absolute Gasteiger partial charge is 0.464 e. The van der Waals surface area contributed by atoms with Crippen molar-refractivity contribution in [2.24, 2.45) is 0 Å². The van der Waals surface area contributed by atoms with Gasteiger partial charge in [0.1, 0.15) is 6.04 Å². The third kappa shape index (κ3) is 5.45. The minimum absolute atomic E-state index is 0.249. The fourth-order valence-electron chi connectivity index (χ4n) is 1.89. The van der Waals surface area contributed by atoms with Gasteiger partial charge in [-0.2, -0.15) is 0 Å². The number of urea groups is 1. The molecule has 0 aliphatic carbocycles. The van der Waals surface area contributed by atoms with Gasteiger partial charge in [0.2, 0.25) is 0 Å². The standard InChI is InChI=1S/C16H24N2O3/c1-4-11-17-16(20)18(13(3)15(19)21-5-2)12-14-9-7-6-8-10-14/h6-10,13H,4-5,11-12H2,1-3H3,(H,17,20). The lowest BCUT2D eigenvalue weighted by atomic mass is 10.2. The minimum Gasteiger partial charge on any atom is -0.464 e. The van der Waals surface area contributed by atoms with Gasteiger partial charge < -0.3 is 15.0 Å². The number of carbonyl (C=O) groups is 2. The van der Waals surface area contributed by atoms with Crippen LogP contribution in [-0.4, -0.2) is 36.1 Å². The number of amides is 2. The maximum Gasteiger partial charge on any atom is 0.328 e. The molecule has 0 radical (unpaired) electrons. The van der Waals surface area contributed by atoms with E-state index in [4.69, 9.17) is 4.74 Å². The summed E-state index contributed by atoms with van der Waals surface area (Å²) in [6, 6.07) is 8.72. The number of ether oxygens (including phenoxy) is 1. The molecule has 5 nitrogen and oxygen atoms in total. The highest BCUT2D eigenvalue weighted by Gasteiger charge is 2.26. The molecule has 0 spiro atoms. The lowest BCUT2D eigenvalue weighted by Gasteiger charge is -2.28. The smallest absolute Gasteiger partial charge is 0.328 e. The number of esters is 1. The summed E-state index contributed by atoms with van der Waals surface area (Å²) in [6.07, 6.45) is 0.846. The maximum atomic E-state index is 12.3. The van der Waals surface area contributed by atoms with Gasteiger partial charge in [-0.05, 0) is 25.8 Å². The van der Waals surface area contributed by atoms with E-state index in [2.05, 4.69) is 5.32 Å². The third-order valence-corrected chi connectivity index (χ3v) is 3.08. The molecule has 0 saturated carbocycles. The lowest BCUT2D eigenvalue weighted by molar-refractivity contribution is -0.148. The van der Waals surface area contributed by atoms with Crippen LogP contribution in [0.5, 0.6) is 0 Å². The van der Waals surface area contributed by atoms with Gasteiger partial charge in [0.25, 0.3) is 0 Å². The maximum absolute atomic E-state index is 12.3. The molecule has 0 aliphatic heterocycles. The van der Waals surface area contributed by atoms with E-state index in [1.54, 1.807) is 13.8 Å². The number of carbonyl (C=O) groups excluding carboxylic acids is 2. The molecular formula is C16H24N2O3. The molecule has 1 aromatic rings. The van der Waals surface area contributed by atoms with Crippen LogP contribution in [0.15, 0.2) is 30.3 Å². The zero-order chi connectivity index (χ0) is 15.7. The summed E-state index contributed by atoms with van der Waals surface area (Å²) in [5.74, 6) is -0.389. The van der Waals surface area contributed by atoms with Crippen molar-refractivity contribution in [2.75, 3.05) is 13.2 Å². The molecule has 1 atom stereocenters. The van der Waals surface area contributed by atoms with Crippen molar-refractivity contribution in [3.05, 3.63) is 35.9 Å².